The second-order valence-corrected chi connectivity index (χ2v) is 3.86. The van der Waals surface area contributed by atoms with Gasteiger partial charge in [0.2, 0.25) is 0 Å². The molecule has 0 atom stereocenters. The quantitative estimate of drug-likeness (QED) is 0.534. The molecule has 0 aliphatic heterocycles. The minimum atomic E-state index is 0.667. The maximum absolute atomic E-state index is 4.11. The molecule has 0 rings (SSSR count). The Kier molecular flexibility index (Phi) is 6.82. The van der Waals surface area contributed by atoms with Crippen molar-refractivity contribution in [3.8, 4) is 0 Å². The first kappa shape index (κ1) is 13.0. The van der Waals surface area contributed by atoms with Gasteiger partial charge in [-0.05, 0) is 29.9 Å². The summed E-state index contributed by atoms with van der Waals surface area (Å²) in [5, 5.41) is 0. The van der Waals surface area contributed by atoms with Crippen LogP contribution in [0.5, 0.6) is 0 Å². The van der Waals surface area contributed by atoms with Crippen molar-refractivity contribution in [2.45, 2.75) is 33.6 Å². The Morgan fingerprint density at radius 2 is 2.00 bits per heavy atom. The molecule has 0 aliphatic rings. The first-order valence-electron chi connectivity index (χ1n) is 5.29. The van der Waals surface area contributed by atoms with Gasteiger partial charge >= 0.3 is 0 Å². The molecule has 0 N–H and O–H groups in total. The molecule has 0 aliphatic carbocycles. The van der Waals surface area contributed by atoms with Crippen LogP contribution in [0.25, 0.3) is 0 Å². The first-order chi connectivity index (χ1) is 6.61. The van der Waals surface area contributed by atoms with Crippen LogP contribution in [0.4, 0.5) is 0 Å². The summed E-state index contributed by atoms with van der Waals surface area (Å²) in [5.74, 6) is 0.667. The van der Waals surface area contributed by atoms with E-state index in [4.69, 9.17) is 0 Å². The first-order valence-corrected chi connectivity index (χ1v) is 5.29. The van der Waals surface area contributed by atoms with Gasteiger partial charge in [-0.1, -0.05) is 58.2 Å². The predicted molar refractivity (Wildman–Crippen MR) is 66.3 cm³/mol. The fraction of sp³-hybridized carbons (Fsp3) is 0.429. The Balaban J connectivity index is 4.49. The molecule has 0 heterocycles. The van der Waals surface area contributed by atoms with E-state index in [1.807, 2.05) is 6.08 Å². The van der Waals surface area contributed by atoms with Crippen molar-refractivity contribution in [1.29, 1.82) is 0 Å². The van der Waals surface area contributed by atoms with Crippen LogP contribution >= 0.6 is 0 Å². The Labute approximate surface area is 88.7 Å². The smallest absolute Gasteiger partial charge is 0.0256 e. The lowest BCUT2D eigenvalue weighted by atomic mass is 9.97. The van der Waals surface area contributed by atoms with Gasteiger partial charge in [0.1, 0.15) is 0 Å². The van der Waals surface area contributed by atoms with E-state index in [-0.39, 0.29) is 0 Å². The number of rotatable bonds is 6. The Morgan fingerprint density at radius 3 is 2.43 bits per heavy atom. The van der Waals surface area contributed by atoms with E-state index in [0.29, 0.717) is 5.92 Å². The van der Waals surface area contributed by atoms with Crippen molar-refractivity contribution in [2.24, 2.45) is 5.92 Å². The van der Waals surface area contributed by atoms with E-state index in [1.165, 1.54) is 11.1 Å². The third-order valence-electron chi connectivity index (χ3n) is 1.90. The Hall–Kier alpha value is -1.04. The highest BCUT2D eigenvalue weighted by Crippen LogP contribution is 2.18. The second kappa shape index (κ2) is 7.37. The van der Waals surface area contributed by atoms with Gasteiger partial charge < -0.3 is 0 Å². The zero-order valence-corrected chi connectivity index (χ0v) is 9.72. The third kappa shape index (κ3) is 5.58. The van der Waals surface area contributed by atoms with Crippen molar-refractivity contribution in [1.82, 2.24) is 0 Å². The fourth-order valence-corrected chi connectivity index (χ4v) is 1.33. The van der Waals surface area contributed by atoms with Crippen molar-refractivity contribution in [2.75, 3.05) is 0 Å². The molecule has 0 unspecified atom stereocenters. The molecule has 0 aromatic rings. The predicted octanol–water partition coefficient (Wildman–Crippen LogP) is 4.67. The number of hydrogen-bond donors (Lipinski definition) is 0. The lowest BCUT2D eigenvalue weighted by Crippen LogP contribution is -1.92. The molecule has 0 nitrogen and oxygen atoms in total. The molecule has 14 heavy (non-hydrogen) atoms. The summed E-state index contributed by atoms with van der Waals surface area (Å²) in [5.41, 5.74) is 2.47. The van der Waals surface area contributed by atoms with Gasteiger partial charge in [0.15, 0.2) is 0 Å². The van der Waals surface area contributed by atoms with Crippen molar-refractivity contribution in [3.63, 3.8) is 0 Å². The average molecular weight is 190 g/mol. The van der Waals surface area contributed by atoms with Gasteiger partial charge in [0.25, 0.3) is 0 Å². The molecular weight excluding hydrogens is 168 g/mol. The van der Waals surface area contributed by atoms with Gasteiger partial charge in [0.05, 0.1) is 0 Å². The van der Waals surface area contributed by atoms with Gasteiger partial charge in [0, 0.05) is 0 Å². The molecule has 0 amide bonds. The molecule has 0 aromatic carbocycles. The summed E-state index contributed by atoms with van der Waals surface area (Å²) in [6.45, 7) is 14.4. The maximum atomic E-state index is 4.11. The van der Waals surface area contributed by atoms with E-state index in [1.54, 1.807) is 6.08 Å². The lowest BCUT2D eigenvalue weighted by Gasteiger charge is -2.09. The van der Waals surface area contributed by atoms with E-state index in [0.717, 1.165) is 12.8 Å². The average Bonchev–Trinajstić information content (AvgIpc) is 2.10. The summed E-state index contributed by atoms with van der Waals surface area (Å²) < 4.78 is 0. The zero-order valence-electron chi connectivity index (χ0n) is 9.72. The molecule has 0 bridgehead atoms. The van der Waals surface area contributed by atoms with Crippen molar-refractivity contribution in [3.05, 3.63) is 48.6 Å². The van der Waals surface area contributed by atoms with Crippen LogP contribution in [0, 0.1) is 5.92 Å². The molecule has 0 saturated carbocycles. The maximum Gasteiger partial charge on any atom is -0.0256 e. The SMILES string of the molecule is C=C/C=C\C(=C/CC)C(=C)CC(C)C. The van der Waals surface area contributed by atoms with Crippen LogP contribution in [0.2, 0.25) is 0 Å². The van der Waals surface area contributed by atoms with Crippen molar-refractivity contribution < 1.29 is 0 Å². The minimum Gasteiger partial charge on any atom is -0.0991 e. The summed E-state index contributed by atoms with van der Waals surface area (Å²) in [7, 11) is 0. The van der Waals surface area contributed by atoms with Gasteiger partial charge in [-0.15, -0.1) is 0 Å². The molecule has 0 fully saturated rings. The topological polar surface area (TPSA) is 0 Å². The molecule has 0 spiro atoms. The molecule has 78 valence electrons. The summed E-state index contributed by atoms with van der Waals surface area (Å²) in [6, 6.07) is 0. The van der Waals surface area contributed by atoms with Crippen LogP contribution in [0.15, 0.2) is 48.6 Å². The normalized spacial score (nSPS) is 12.4. The summed E-state index contributed by atoms with van der Waals surface area (Å²) >= 11 is 0. The molecule has 0 heteroatoms. The van der Waals surface area contributed by atoms with Crippen LogP contribution in [0.3, 0.4) is 0 Å². The zero-order chi connectivity index (χ0) is 11.0. The molecule has 0 aromatic heterocycles. The van der Waals surface area contributed by atoms with Crippen LogP contribution in [-0.2, 0) is 0 Å². The Morgan fingerprint density at radius 1 is 1.36 bits per heavy atom. The standard InChI is InChI=1S/C14H22/c1-6-8-10-14(9-7-2)13(5)11-12(3)4/h6,8-10,12H,1,5,7,11H2,2-4H3/b10-8-,14-9+. The monoisotopic (exact) mass is 190 g/mol. The Bertz CT molecular complexity index is 239. The van der Waals surface area contributed by atoms with Gasteiger partial charge in [-0.2, -0.15) is 0 Å². The molecular formula is C14H22. The highest BCUT2D eigenvalue weighted by Gasteiger charge is 2.01. The van der Waals surface area contributed by atoms with Crippen LogP contribution in [-0.4, -0.2) is 0 Å². The largest absolute Gasteiger partial charge is 0.0991 e. The molecule has 0 saturated heterocycles. The summed E-state index contributed by atoms with van der Waals surface area (Å²) in [4.78, 5) is 0. The van der Waals surface area contributed by atoms with E-state index in [9.17, 15) is 0 Å². The highest BCUT2D eigenvalue weighted by molar-refractivity contribution is 5.38. The van der Waals surface area contributed by atoms with Gasteiger partial charge in [-0.3, -0.25) is 0 Å². The van der Waals surface area contributed by atoms with Gasteiger partial charge in [-0.25, -0.2) is 0 Å². The highest BCUT2D eigenvalue weighted by atomic mass is 14.1. The van der Waals surface area contributed by atoms with E-state index >= 15 is 0 Å². The van der Waals surface area contributed by atoms with Crippen molar-refractivity contribution >= 4 is 0 Å². The van der Waals surface area contributed by atoms with Crippen LogP contribution < -0.4 is 0 Å². The lowest BCUT2D eigenvalue weighted by molar-refractivity contribution is 0.648. The van der Waals surface area contributed by atoms with Crippen LogP contribution in [0.1, 0.15) is 33.6 Å². The minimum absolute atomic E-state index is 0.667. The third-order valence-corrected chi connectivity index (χ3v) is 1.90. The number of allylic oxidation sites excluding steroid dienone is 6. The van der Waals surface area contributed by atoms with E-state index in [2.05, 4.69) is 46.1 Å². The number of hydrogen-bond acceptors (Lipinski definition) is 0. The summed E-state index contributed by atoms with van der Waals surface area (Å²) in [6.07, 6.45) is 10.2. The fourth-order valence-electron chi connectivity index (χ4n) is 1.33. The molecule has 0 radical (unpaired) electrons. The second-order valence-electron chi connectivity index (χ2n) is 3.86. The van der Waals surface area contributed by atoms with E-state index < -0.39 is 0 Å².